The average molecular weight is 499 g/mol. The molecule has 3 N–H and O–H groups in total. The van der Waals surface area contributed by atoms with Crippen LogP contribution in [-0.4, -0.2) is 45.7 Å². The zero-order chi connectivity index (χ0) is 16.2. The monoisotopic (exact) mass is 498 g/mol. The van der Waals surface area contributed by atoms with Crippen LogP contribution < -0.4 is 16.0 Å². The fraction of sp³-hybridized carbons (Fsp3) is 0.467. The van der Waals surface area contributed by atoms with E-state index < -0.39 is 0 Å². The Morgan fingerprint density at radius 1 is 1.22 bits per heavy atom. The minimum absolute atomic E-state index is 0. The van der Waals surface area contributed by atoms with Gasteiger partial charge in [-0.2, -0.15) is 0 Å². The van der Waals surface area contributed by atoms with Crippen molar-refractivity contribution < 1.29 is 9.53 Å². The molecule has 0 spiro atoms. The molecule has 0 atom stereocenters. The van der Waals surface area contributed by atoms with Gasteiger partial charge in [-0.3, -0.25) is 9.79 Å². The molecule has 23 heavy (non-hydrogen) atoms. The summed E-state index contributed by atoms with van der Waals surface area (Å²) in [5, 5.41) is 9.10. The number of halogens is 2. The van der Waals surface area contributed by atoms with Crippen LogP contribution in [0.25, 0.3) is 0 Å². The summed E-state index contributed by atoms with van der Waals surface area (Å²) in [6, 6.07) is 7.48. The summed E-state index contributed by atoms with van der Waals surface area (Å²) in [5.74, 6) is 0.650. The lowest BCUT2D eigenvalue weighted by Crippen LogP contribution is -2.39. The van der Waals surface area contributed by atoms with Gasteiger partial charge in [-0.15, -0.1) is 24.0 Å². The first-order valence-corrected chi connectivity index (χ1v) is 7.94. The maximum absolute atomic E-state index is 11.8. The summed E-state index contributed by atoms with van der Waals surface area (Å²) in [4.78, 5) is 15.9. The van der Waals surface area contributed by atoms with Crippen LogP contribution in [0.3, 0.4) is 0 Å². The molecular formula is C15H24BrIN4O2. The van der Waals surface area contributed by atoms with E-state index in [1.807, 2.05) is 24.3 Å². The third-order valence-corrected chi connectivity index (χ3v) is 3.34. The maximum Gasteiger partial charge on any atom is 0.226 e. The number of carbonyl (C=O) groups is 1. The number of aliphatic imine (C=N–C) groups is 1. The van der Waals surface area contributed by atoms with Gasteiger partial charge in [0.05, 0.1) is 0 Å². The van der Waals surface area contributed by atoms with E-state index in [2.05, 4.69) is 36.9 Å². The van der Waals surface area contributed by atoms with Gasteiger partial charge in [-0.1, -0.05) is 15.9 Å². The largest absolute Gasteiger partial charge is 0.385 e. The van der Waals surface area contributed by atoms with Gasteiger partial charge in [0.15, 0.2) is 5.96 Å². The number of rotatable bonds is 8. The highest BCUT2D eigenvalue weighted by molar-refractivity contribution is 14.0. The van der Waals surface area contributed by atoms with Gasteiger partial charge in [0.25, 0.3) is 0 Å². The Morgan fingerprint density at radius 3 is 2.48 bits per heavy atom. The molecule has 6 nitrogen and oxygen atoms in total. The van der Waals surface area contributed by atoms with Crippen LogP contribution in [0.5, 0.6) is 0 Å². The molecule has 0 aliphatic rings. The third kappa shape index (κ3) is 10.5. The van der Waals surface area contributed by atoms with Gasteiger partial charge in [-0.25, -0.2) is 0 Å². The zero-order valence-electron chi connectivity index (χ0n) is 13.4. The normalized spacial score (nSPS) is 10.7. The lowest BCUT2D eigenvalue weighted by molar-refractivity contribution is -0.116. The van der Waals surface area contributed by atoms with Crippen molar-refractivity contribution in [1.29, 1.82) is 0 Å². The van der Waals surface area contributed by atoms with Crippen LogP contribution in [0.1, 0.15) is 12.8 Å². The van der Waals surface area contributed by atoms with E-state index in [0.717, 1.165) is 23.1 Å². The lowest BCUT2D eigenvalue weighted by atomic mass is 10.3. The minimum Gasteiger partial charge on any atom is -0.385 e. The van der Waals surface area contributed by atoms with Crippen molar-refractivity contribution in [3.8, 4) is 0 Å². The number of amides is 1. The Labute approximate surface area is 163 Å². The third-order valence-electron chi connectivity index (χ3n) is 2.81. The predicted molar refractivity (Wildman–Crippen MR) is 109 cm³/mol. The van der Waals surface area contributed by atoms with E-state index in [0.29, 0.717) is 25.5 Å². The summed E-state index contributed by atoms with van der Waals surface area (Å²) >= 11 is 3.36. The van der Waals surface area contributed by atoms with Crippen molar-refractivity contribution in [2.75, 3.05) is 39.2 Å². The van der Waals surface area contributed by atoms with Gasteiger partial charge in [-0.05, 0) is 30.7 Å². The Hall–Kier alpha value is -0.870. The molecule has 1 rings (SSSR count). The van der Waals surface area contributed by atoms with E-state index in [-0.39, 0.29) is 29.9 Å². The summed E-state index contributed by atoms with van der Waals surface area (Å²) < 4.78 is 5.96. The molecule has 8 heteroatoms. The van der Waals surface area contributed by atoms with E-state index in [4.69, 9.17) is 4.74 Å². The van der Waals surface area contributed by atoms with Crippen LogP contribution in [0.2, 0.25) is 0 Å². The fourth-order valence-electron chi connectivity index (χ4n) is 1.70. The number of methoxy groups -OCH3 is 1. The highest BCUT2D eigenvalue weighted by atomic mass is 127. The number of benzene rings is 1. The van der Waals surface area contributed by atoms with Gasteiger partial charge < -0.3 is 20.7 Å². The summed E-state index contributed by atoms with van der Waals surface area (Å²) in [6.45, 7) is 2.00. The molecule has 0 saturated carbocycles. The van der Waals surface area contributed by atoms with E-state index in [1.165, 1.54) is 0 Å². The van der Waals surface area contributed by atoms with Gasteiger partial charge in [0.2, 0.25) is 5.91 Å². The van der Waals surface area contributed by atoms with E-state index >= 15 is 0 Å². The predicted octanol–water partition coefficient (Wildman–Crippen LogP) is 2.60. The number of nitrogens with one attached hydrogen (secondary N) is 3. The molecule has 0 aliphatic carbocycles. The van der Waals surface area contributed by atoms with Crippen molar-refractivity contribution >= 4 is 57.5 Å². The van der Waals surface area contributed by atoms with Crippen LogP contribution in [0.4, 0.5) is 5.69 Å². The van der Waals surface area contributed by atoms with Crippen molar-refractivity contribution in [1.82, 2.24) is 10.6 Å². The number of carbonyl (C=O) groups excluding carboxylic acids is 1. The second-order valence-electron chi connectivity index (χ2n) is 4.58. The zero-order valence-corrected chi connectivity index (χ0v) is 17.3. The van der Waals surface area contributed by atoms with Crippen LogP contribution in [0, 0.1) is 0 Å². The number of nitrogens with zero attached hydrogens (tertiary/aromatic N) is 1. The SMILES string of the molecule is CN=C(NCCCOC)NCCC(=O)Nc1ccc(Br)cc1.I. The van der Waals surface area contributed by atoms with Crippen LogP contribution in [-0.2, 0) is 9.53 Å². The van der Waals surface area contributed by atoms with E-state index in [9.17, 15) is 4.79 Å². The Balaban J connectivity index is 0.00000484. The van der Waals surface area contributed by atoms with Crippen LogP contribution >= 0.6 is 39.9 Å². The first kappa shape index (κ1) is 22.1. The van der Waals surface area contributed by atoms with Crippen LogP contribution in [0.15, 0.2) is 33.7 Å². The van der Waals surface area contributed by atoms with Gasteiger partial charge in [0, 0.05) is 50.4 Å². The molecule has 0 heterocycles. The molecule has 0 unspecified atom stereocenters. The van der Waals surface area contributed by atoms with Gasteiger partial charge >= 0.3 is 0 Å². The quantitative estimate of drug-likeness (QED) is 0.223. The van der Waals surface area contributed by atoms with E-state index in [1.54, 1.807) is 14.2 Å². The molecule has 0 bridgehead atoms. The standard InChI is InChI=1S/C15H23BrN4O2.HI/c1-17-15(18-9-3-11-22-2)19-10-8-14(21)20-13-6-4-12(16)5-7-13;/h4-7H,3,8-11H2,1-2H3,(H,20,21)(H2,17,18,19);1H. The topological polar surface area (TPSA) is 74.8 Å². The average Bonchev–Trinajstić information content (AvgIpc) is 2.52. The number of hydrogen-bond acceptors (Lipinski definition) is 3. The first-order valence-electron chi connectivity index (χ1n) is 7.14. The lowest BCUT2D eigenvalue weighted by Gasteiger charge is -2.11. The molecule has 0 aliphatic heterocycles. The fourth-order valence-corrected chi connectivity index (χ4v) is 1.96. The number of ether oxygens (including phenoxy) is 1. The van der Waals surface area contributed by atoms with Crippen molar-refractivity contribution in [3.63, 3.8) is 0 Å². The Kier molecular flexibility index (Phi) is 13.0. The second kappa shape index (κ2) is 13.6. The molecule has 0 aromatic heterocycles. The van der Waals surface area contributed by atoms with Crippen molar-refractivity contribution in [3.05, 3.63) is 28.7 Å². The number of hydrogen-bond donors (Lipinski definition) is 3. The molecule has 0 fully saturated rings. The Morgan fingerprint density at radius 2 is 1.87 bits per heavy atom. The van der Waals surface area contributed by atoms with Crippen molar-refractivity contribution in [2.24, 2.45) is 4.99 Å². The minimum atomic E-state index is -0.0374. The number of anilines is 1. The molecule has 1 aromatic rings. The van der Waals surface area contributed by atoms with Gasteiger partial charge in [0.1, 0.15) is 0 Å². The second-order valence-corrected chi connectivity index (χ2v) is 5.49. The molecule has 0 radical (unpaired) electrons. The summed E-state index contributed by atoms with van der Waals surface area (Å²) in [6.07, 6.45) is 1.27. The molecule has 1 aromatic carbocycles. The number of guanidine groups is 1. The highest BCUT2D eigenvalue weighted by Crippen LogP contribution is 2.14. The molecule has 0 saturated heterocycles. The Bertz CT molecular complexity index is 483. The molecular weight excluding hydrogens is 475 g/mol. The van der Waals surface area contributed by atoms with Crippen molar-refractivity contribution in [2.45, 2.75) is 12.8 Å². The molecule has 1 amide bonds. The summed E-state index contributed by atoms with van der Waals surface area (Å²) in [5.41, 5.74) is 0.787. The maximum atomic E-state index is 11.8. The smallest absolute Gasteiger partial charge is 0.226 e. The molecule has 130 valence electrons. The highest BCUT2D eigenvalue weighted by Gasteiger charge is 2.03. The summed E-state index contributed by atoms with van der Waals surface area (Å²) in [7, 11) is 3.38. The first-order chi connectivity index (χ1) is 10.7.